The van der Waals surface area contributed by atoms with Gasteiger partial charge in [-0.25, -0.2) is 4.79 Å². The molecule has 0 aliphatic carbocycles. The second-order valence-corrected chi connectivity index (χ2v) is 4.55. The zero-order chi connectivity index (χ0) is 12.4. The van der Waals surface area contributed by atoms with E-state index in [0.29, 0.717) is 19.3 Å². The third-order valence-corrected chi connectivity index (χ3v) is 3.09. The highest BCUT2D eigenvalue weighted by Crippen LogP contribution is 2.02. The molecule has 0 amide bonds. The maximum atomic E-state index is 11.0. The fourth-order valence-electron chi connectivity index (χ4n) is 1.16. The molecule has 0 aromatic heterocycles. The summed E-state index contributed by atoms with van der Waals surface area (Å²) in [5.41, 5.74) is 0. The second kappa shape index (κ2) is 9.93. The minimum atomic E-state index is -0.290. The highest BCUT2D eigenvalue weighted by molar-refractivity contribution is 7.98. The standard InChI is InChI=1S/C11H23NO3S/c1-5-15-11(13)8-14-7-6-12(3)10(2)9-16-4/h10H,5-9H2,1-4H3. The van der Waals surface area contributed by atoms with Gasteiger partial charge < -0.3 is 14.4 Å². The third kappa shape index (κ3) is 7.96. The van der Waals surface area contributed by atoms with E-state index < -0.39 is 0 Å². The lowest BCUT2D eigenvalue weighted by Gasteiger charge is -2.23. The van der Waals surface area contributed by atoms with Gasteiger partial charge in [-0.05, 0) is 27.2 Å². The molecular formula is C11H23NO3S. The lowest BCUT2D eigenvalue weighted by atomic mass is 10.3. The van der Waals surface area contributed by atoms with E-state index >= 15 is 0 Å². The Kier molecular flexibility index (Phi) is 9.77. The summed E-state index contributed by atoms with van der Waals surface area (Å²) < 4.78 is 9.98. The molecule has 0 aliphatic rings. The largest absolute Gasteiger partial charge is 0.464 e. The Morgan fingerprint density at radius 3 is 2.75 bits per heavy atom. The average Bonchev–Trinajstić information content (AvgIpc) is 2.24. The molecule has 96 valence electrons. The van der Waals surface area contributed by atoms with E-state index in [1.807, 2.05) is 11.8 Å². The number of hydrogen-bond donors (Lipinski definition) is 0. The van der Waals surface area contributed by atoms with Gasteiger partial charge >= 0.3 is 5.97 Å². The van der Waals surface area contributed by atoms with E-state index in [2.05, 4.69) is 25.1 Å². The SMILES string of the molecule is CCOC(=O)COCCN(C)C(C)CSC. The van der Waals surface area contributed by atoms with Gasteiger partial charge in [0.05, 0.1) is 13.2 Å². The van der Waals surface area contributed by atoms with Crippen LogP contribution >= 0.6 is 11.8 Å². The molecule has 1 unspecified atom stereocenters. The van der Waals surface area contributed by atoms with Crippen LogP contribution in [0, 0.1) is 0 Å². The lowest BCUT2D eigenvalue weighted by Crippen LogP contribution is -2.34. The Labute approximate surface area is 103 Å². The Morgan fingerprint density at radius 1 is 1.50 bits per heavy atom. The number of nitrogens with zero attached hydrogens (tertiary/aromatic N) is 1. The van der Waals surface area contributed by atoms with Crippen molar-refractivity contribution in [1.29, 1.82) is 0 Å². The van der Waals surface area contributed by atoms with Gasteiger partial charge in [-0.15, -0.1) is 0 Å². The molecule has 0 radical (unpaired) electrons. The van der Waals surface area contributed by atoms with E-state index in [9.17, 15) is 4.79 Å². The average molecular weight is 249 g/mol. The van der Waals surface area contributed by atoms with Crippen LogP contribution < -0.4 is 0 Å². The molecule has 4 nitrogen and oxygen atoms in total. The number of likely N-dealkylation sites (N-methyl/N-ethyl adjacent to an activating group) is 1. The molecule has 0 saturated carbocycles. The monoisotopic (exact) mass is 249 g/mol. The van der Waals surface area contributed by atoms with Crippen LogP contribution in [0.2, 0.25) is 0 Å². The molecule has 5 heteroatoms. The molecule has 16 heavy (non-hydrogen) atoms. The number of esters is 1. The molecule has 0 heterocycles. The van der Waals surface area contributed by atoms with Crippen LogP contribution in [0.15, 0.2) is 0 Å². The van der Waals surface area contributed by atoms with Crippen molar-refractivity contribution in [3.63, 3.8) is 0 Å². The molecule has 0 aromatic carbocycles. The van der Waals surface area contributed by atoms with Crippen molar-refractivity contribution in [1.82, 2.24) is 4.90 Å². The predicted octanol–water partition coefficient (Wildman–Crippen LogP) is 1.25. The normalized spacial score (nSPS) is 12.8. The molecule has 0 saturated heterocycles. The van der Waals surface area contributed by atoms with Crippen LogP contribution in [0.25, 0.3) is 0 Å². The number of carbonyl (C=O) groups is 1. The minimum absolute atomic E-state index is 0.0542. The molecule has 1 atom stereocenters. The van der Waals surface area contributed by atoms with Crippen LogP contribution in [0.4, 0.5) is 0 Å². The summed E-state index contributed by atoms with van der Waals surface area (Å²) in [7, 11) is 2.06. The number of ether oxygens (including phenoxy) is 2. The highest BCUT2D eigenvalue weighted by Gasteiger charge is 2.08. The van der Waals surface area contributed by atoms with Crippen molar-refractivity contribution in [2.45, 2.75) is 19.9 Å². The van der Waals surface area contributed by atoms with Gasteiger partial charge in [-0.3, -0.25) is 0 Å². The first kappa shape index (κ1) is 15.7. The van der Waals surface area contributed by atoms with Gasteiger partial charge in [-0.1, -0.05) is 0 Å². The second-order valence-electron chi connectivity index (χ2n) is 3.64. The van der Waals surface area contributed by atoms with E-state index in [0.717, 1.165) is 12.3 Å². The van der Waals surface area contributed by atoms with Gasteiger partial charge in [0.15, 0.2) is 0 Å². The van der Waals surface area contributed by atoms with E-state index in [4.69, 9.17) is 9.47 Å². The summed E-state index contributed by atoms with van der Waals surface area (Å²) in [5, 5.41) is 0. The van der Waals surface area contributed by atoms with Crippen molar-refractivity contribution in [2.24, 2.45) is 0 Å². The first-order chi connectivity index (χ1) is 7.61. The number of hydrogen-bond acceptors (Lipinski definition) is 5. The van der Waals surface area contributed by atoms with E-state index in [-0.39, 0.29) is 12.6 Å². The summed E-state index contributed by atoms with van der Waals surface area (Å²) in [6.45, 7) is 5.83. The summed E-state index contributed by atoms with van der Waals surface area (Å²) >= 11 is 1.83. The zero-order valence-corrected chi connectivity index (χ0v) is 11.5. The summed E-state index contributed by atoms with van der Waals surface area (Å²) in [6.07, 6.45) is 2.10. The number of thioether (sulfide) groups is 1. The van der Waals surface area contributed by atoms with Crippen LogP contribution in [-0.2, 0) is 14.3 Å². The molecular weight excluding hydrogens is 226 g/mol. The van der Waals surface area contributed by atoms with Crippen LogP contribution in [-0.4, -0.2) is 62.3 Å². The van der Waals surface area contributed by atoms with E-state index in [1.165, 1.54) is 0 Å². The van der Waals surface area contributed by atoms with Gasteiger partial charge in [0, 0.05) is 18.3 Å². The molecule has 0 spiro atoms. The van der Waals surface area contributed by atoms with Crippen LogP contribution in [0.5, 0.6) is 0 Å². The van der Waals surface area contributed by atoms with Gasteiger partial charge in [0.25, 0.3) is 0 Å². The van der Waals surface area contributed by atoms with E-state index in [1.54, 1.807) is 6.92 Å². The van der Waals surface area contributed by atoms with Crippen molar-refractivity contribution < 1.29 is 14.3 Å². The third-order valence-electron chi connectivity index (χ3n) is 2.27. The minimum Gasteiger partial charge on any atom is -0.464 e. The molecule has 0 N–H and O–H groups in total. The molecule has 0 aromatic rings. The fraction of sp³-hybridized carbons (Fsp3) is 0.909. The van der Waals surface area contributed by atoms with Crippen molar-refractivity contribution >= 4 is 17.7 Å². The Morgan fingerprint density at radius 2 is 2.19 bits per heavy atom. The number of carbonyl (C=O) groups excluding carboxylic acids is 1. The summed E-state index contributed by atoms with van der Waals surface area (Å²) in [6, 6.07) is 0.529. The first-order valence-electron chi connectivity index (χ1n) is 5.54. The maximum Gasteiger partial charge on any atom is 0.332 e. The predicted molar refractivity (Wildman–Crippen MR) is 67.9 cm³/mol. The topological polar surface area (TPSA) is 38.8 Å². The lowest BCUT2D eigenvalue weighted by molar-refractivity contribution is -0.148. The molecule has 0 fully saturated rings. The summed E-state index contributed by atoms with van der Waals surface area (Å²) in [5.74, 6) is 0.816. The molecule has 0 aliphatic heterocycles. The maximum absolute atomic E-state index is 11.0. The van der Waals surface area contributed by atoms with Crippen LogP contribution in [0.1, 0.15) is 13.8 Å². The summed E-state index contributed by atoms with van der Waals surface area (Å²) in [4.78, 5) is 13.2. The zero-order valence-electron chi connectivity index (χ0n) is 10.7. The van der Waals surface area contributed by atoms with Gasteiger partial charge in [0.1, 0.15) is 6.61 Å². The smallest absolute Gasteiger partial charge is 0.332 e. The van der Waals surface area contributed by atoms with Gasteiger partial charge in [0.2, 0.25) is 0 Å². The Bertz CT molecular complexity index is 190. The molecule has 0 bridgehead atoms. The van der Waals surface area contributed by atoms with Gasteiger partial charge in [-0.2, -0.15) is 11.8 Å². The van der Waals surface area contributed by atoms with Crippen LogP contribution in [0.3, 0.4) is 0 Å². The van der Waals surface area contributed by atoms with Crippen molar-refractivity contribution in [2.75, 3.05) is 45.4 Å². The van der Waals surface area contributed by atoms with Crippen molar-refractivity contribution in [3.05, 3.63) is 0 Å². The Balaban J connectivity index is 3.47. The number of rotatable bonds is 9. The first-order valence-corrected chi connectivity index (χ1v) is 6.93. The van der Waals surface area contributed by atoms with Crippen molar-refractivity contribution in [3.8, 4) is 0 Å². The highest BCUT2D eigenvalue weighted by atomic mass is 32.2. The fourth-order valence-corrected chi connectivity index (χ4v) is 1.89. The Hall–Kier alpha value is -0.260. The quantitative estimate of drug-likeness (QED) is 0.454. The molecule has 0 rings (SSSR count).